The maximum absolute atomic E-state index is 10.4. The normalized spacial score (nSPS) is 35.3. The summed E-state index contributed by atoms with van der Waals surface area (Å²) < 4.78 is 14.9. The number of aliphatic hydroxyl groups excluding tert-OH is 4. The van der Waals surface area contributed by atoms with Crippen molar-refractivity contribution < 1.29 is 39.1 Å². The standard InChI is InChI=1S/C11H14O8/c12-3-5-1-2-6(18-5)4-17-11-9(15)7(13)8(14)10(16)19-11/h1-3,7-11,13-16H,4H2/t7-,8-,9+,10-,11-/m0/s1. The van der Waals surface area contributed by atoms with Gasteiger partial charge in [-0.2, -0.15) is 0 Å². The molecular formula is C11H14O8. The summed E-state index contributed by atoms with van der Waals surface area (Å²) >= 11 is 0. The maximum atomic E-state index is 10.4. The number of hydrogen-bond acceptors (Lipinski definition) is 8. The van der Waals surface area contributed by atoms with Gasteiger partial charge in [-0.25, -0.2) is 0 Å². The molecule has 0 bridgehead atoms. The van der Waals surface area contributed by atoms with Crippen LogP contribution in [0.1, 0.15) is 16.3 Å². The first-order chi connectivity index (χ1) is 9.02. The SMILES string of the molecule is O=Cc1ccc(CO[C@H]2O[C@H](O)[C@@H](O)[C@H](O)[C@H]2O)o1. The Morgan fingerprint density at radius 1 is 1.16 bits per heavy atom. The number of aliphatic hydroxyl groups is 4. The number of furan rings is 1. The number of hydrogen-bond donors (Lipinski definition) is 4. The van der Waals surface area contributed by atoms with E-state index in [1.807, 2.05) is 0 Å². The van der Waals surface area contributed by atoms with Gasteiger partial charge in [-0.3, -0.25) is 4.79 Å². The lowest BCUT2D eigenvalue weighted by molar-refractivity contribution is -0.342. The van der Waals surface area contributed by atoms with E-state index in [0.29, 0.717) is 12.0 Å². The van der Waals surface area contributed by atoms with Crippen LogP contribution in [0.3, 0.4) is 0 Å². The minimum absolute atomic E-state index is 0.124. The predicted molar refractivity (Wildman–Crippen MR) is 57.8 cm³/mol. The zero-order valence-corrected chi connectivity index (χ0v) is 9.75. The molecule has 1 aliphatic heterocycles. The third-order valence-electron chi connectivity index (χ3n) is 2.73. The molecule has 1 saturated heterocycles. The molecule has 19 heavy (non-hydrogen) atoms. The Kier molecular flexibility index (Phi) is 4.30. The van der Waals surface area contributed by atoms with Crippen LogP contribution in [0.2, 0.25) is 0 Å². The zero-order valence-electron chi connectivity index (χ0n) is 9.75. The molecule has 2 heterocycles. The molecule has 2 rings (SSSR count). The summed E-state index contributed by atoms with van der Waals surface area (Å²) in [6, 6.07) is 2.94. The van der Waals surface area contributed by atoms with Gasteiger partial charge in [0.2, 0.25) is 0 Å². The number of carbonyl (C=O) groups is 1. The summed E-state index contributed by atoms with van der Waals surface area (Å²) in [6.07, 6.45) is -7.17. The van der Waals surface area contributed by atoms with Crippen molar-refractivity contribution in [1.82, 2.24) is 0 Å². The molecule has 0 aliphatic carbocycles. The van der Waals surface area contributed by atoms with Gasteiger partial charge in [0, 0.05) is 0 Å². The quantitative estimate of drug-likeness (QED) is 0.481. The monoisotopic (exact) mass is 274 g/mol. The van der Waals surface area contributed by atoms with E-state index in [1.54, 1.807) is 0 Å². The molecule has 1 aromatic rings. The van der Waals surface area contributed by atoms with Crippen molar-refractivity contribution in [2.24, 2.45) is 0 Å². The minimum Gasteiger partial charge on any atom is -0.456 e. The minimum atomic E-state index is -1.66. The van der Waals surface area contributed by atoms with E-state index in [4.69, 9.17) is 13.9 Å². The molecule has 8 heteroatoms. The van der Waals surface area contributed by atoms with Crippen molar-refractivity contribution in [2.75, 3.05) is 0 Å². The fourth-order valence-corrected chi connectivity index (χ4v) is 1.67. The van der Waals surface area contributed by atoms with E-state index in [1.165, 1.54) is 12.1 Å². The molecule has 1 fully saturated rings. The van der Waals surface area contributed by atoms with E-state index in [2.05, 4.69) is 0 Å². The highest BCUT2D eigenvalue weighted by atomic mass is 16.7. The Labute approximate surface area is 107 Å². The van der Waals surface area contributed by atoms with Crippen LogP contribution in [0.4, 0.5) is 0 Å². The first-order valence-electron chi connectivity index (χ1n) is 5.56. The summed E-state index contributed by atoms with van der Waals surface area (Å²) in [4.78, 5) is 10.4. The van der Waals surface area contributed by atoms with Crippen molar-refractivity contribution in [3.05, 3.63) is 23.7 Å². The lowest BCUT2D eigenvalue weighted by Gasteiger charge is -2.37. The van der Waals surface area contributed by atoms with Gasteiger partial charge >= 0.3 is 0 Å². The zero-order chi connectivity index (χ0) is 14.0. The average molecular weight is 274 g/mol. The lowest BCUT2D eigenvalue weighted by Crippen LogP contribution is -2.58. The highest BCUT2D eigenvalue weighted by molar-refractivity contribution is 5.70. The largest absolute Gasteiger partial charge is 0.456 e. The molecule has 0 unspecified atom stereocenters. The molecule has 0 spiro atoms. The van der Waals surface area contributed by atoms with Crippen LogP contribution in [0.5, 0.6) is 0 Å². The van der Waals surface area contributed by atoms with Crippen LogP contribution in [0, 0.1) is 0 Å². The van der Waals surface area contributed by atoms with Gasteiger partial charge in [0.25, 0.3) is 0 Å². The number of ether oxygens (including phenoxy) is 2. The summed E-state index contributed by atoms with van der Waals surface area (Å²) in [5, 5.41) is 37.6. The second-order valence-electron chi connectivity index (χ2n) is 4.10. The second-order valence-corrected chi connectivity index (χ2v) is 4.10. The first-order valence-corrected chi connectivity index (χ1v) is 5.56. The summed E-state index contributed by atoms with van der Waals surface area (Å²) in [5.74, 6) is 0.437. The fraction of sp³-hybridized carbons (Fsp3) is 0.545. The average Bonchev–Trinajstić information content (AvgIpc) is 2.87. The van der Waals surface area contributed by atoms with Crippen LogP contribution in [0.15, 0.2) is 16.5 Å². The Hall–Kier alpha value is -1.29. The highest BCUT2D eigenvalue weighted by Gasteiger charge is 2.43. The van der Waals surface area contributed by atoms with Gasteiger partial charge in [-0.15, -0.1) is 0 Å². The van der Waals surface area contributed by atoms with Crippen LogP contribution in [-0.4, -0.2) is 57.6 Å². The fourth-order valence-electron chi connectivity index (χ4n) is 1.67. The molecule has 8 nitrogen and oxygen atoms in total. The Morgan fingerprint density at radius 3 is 2.53 bits per heavy atom. The van der Waals surface area contributed by atoms with Gasteiger partial charge in [0.05, 0.1) is 0 Å². The smallest absolute Gasteiger partial charge is 0.189 e. The first kappa shape index (κ1) is 14.1. The van der Waals surface area contributed by atoms with E-state index in [-0.39, 0.29) is 12.4 Å². The molecule has 0 saturated carbocycles. The van der Waals surface area contributed by atoms with Gasteiger partial charge in [0.15, 0.2) is 24.6 Å². The van der Waals surface area contributed by atoms with Crippen molar-refractivity contribution in [3.8, 4) is 0 Å². The van der Waals surface area contributed by atoms with Crippen LogP contribution in [-0.2, 0) is 16.1 Å². The van der Waals surface area contributed by atoms with Gasteiger partial charge < -0.3 is 34.3 Å². The second kappa shape index (κ2) is 5.78. The topological polar surface area (TPSA) is 130 Å². The predicted octanol–water partition coefficient (Wildman–Crippen LogP) is -1.63. The summed E-state index contributed by atoms with van der Waals surface area (Å²) in [6.45, 7) is -0.134. The third kappa shape index (κ3) is 3.00. The Bertz CT molecular complexity index is 430. The molecule has 0 amide bonds. The molecule has 1 aliphatic rings. The molecular weight excluding hydrogens is 260 g/mol. The highest BCUT2D eigenvalue weighted by Crippen LogP contribution is 2.21. The summed E-state index contributed by atoms with van der Waals surface area (Å²) in [7, 11) is 0. The molecule has 0 radical (unpaired) electrons. The molecule has 106 valence electrons. The number of aldehydes is 1. The lowest BCUT2D eigenvalue weighted by atomic mass is 10.0. The van der Waals surface area contributed by atoms with E-state index >= 15 is 0 Å². The summed E-state index contributed by atoms with van der Waals surface area (Å²) in [5.41, 5.74) is 0. The van der Waals surface area contributed by atoms with Gasteiger partial charge in [0.1, 0.15) is 30.7 Å². The van der Waals surface area contributed by atoms with E-state index < -0.39 is 30.9 Å². The van der Waals surface area contributed by atoms with E-state index in [9.17, 15) is 25.2 Å². The molecule has 5 atom stereocenters. The number of carbonyl (C=O) groups excluding carboxylic acids is 1. The van der Waals surface area contributed by atoms with E-state index in [0.717, 1.165) is 0 Å². The van der Waals surface area contributed by atoms with Crippen LogP contribution >= 0.6 is 0 Å². The number of rotatable bonds is 4. The van der Waals surface area contributed by atoms with Crippen LogP contribution < -0.4 is 0 Å². The molecule has 1 aromatic heterocycles. The van der Waals surface area contributed by atoms with Crippen LogP contribution in [0.25, 0.3) is 0 Å². The van der Waals surface area contributed by atoms with Crippen molar-refractivity contribution >= 4 is 6.29 Å². The molecule has 0 aromatic carbocycles. The molecule has 4 N–H and O–H groups in total. The van der Waals surface area contributed by atoms with Crippen molar-refractivity contribution in [3.63, 3.8) is 0 Å². The Morgan fingerprint density at radius 2 is 1.89 bits per heavy atom. The van der Waals surface area contributed by atoms with Gasteiger partial charge in [-0.05, 0) is 12.1 Å². The third-order valence-corrected chi connectivity index (χ3v) is 2.73. The van der Waals surface area contributed by atoms with Crippen molar-refractivity contribution in [2.45, 2.75) is 37.5 Å². The van der Waals surface area contributed by atoms with Gasteiger partial charge in [-0.1, -0.05) is 0 Å². The van der Waals surface area contributed by atoms with Crippen molar-refractivity contribution in [1.29, 1.82) is 0 Å². The maximum Gasteiger partial charge on any atom is 0.189 e. The Balaban J connectivity index is 1.93.